The number of halogens is 2. The first kappa shape index (κ1) is 19.6. The normalized spacial score (nSPS) is 11.2. The monoisotopic (exact) mass is 400 g/mol. The molecule has 0 spiro atoms. The number of nitrogens with one attached hydrogen (secondary N) is 2. The lowest BCUT2D eigenvalue weighted by atomic mass is 10.1. The fourth-order valence-corrected chi connectivity index (χ4v) is 3.31. The maximum absolute atomic E-state index is 12.2. The van der Waals surface area contributed by atoms with Crippen LogP contribution in [0.25, 0.3) is 0 Å². The zero-order valence-electron chi connectivity index (χ0n) is 13.6. The zero-order valence-corrected chi connectivity index (χ0v) is 15.9. The van der Waals surface area contributed by atoms with E-state index in [0.717, 1.165) is 24.7 Å². The van der Waals surface area contributed by atoms with Crippen LogP contribution in [0, 0.1) is 0 Å². The van der Waals surface area contributed by atoms with Gasteiger partial charge in [0.1, 0.15) is 0 Å². The van der Waals surface area contributed by atoms with Crippen molar-refractivity contribution in [3.8, 4) is 0 Å². The van der Waals surface area contributed by atoms with Crippen LogP contribution < -0.4 is 10.0 Å². The van der Waals surface area contributed by atoms with Crippen LogP contribution in [0.1, 0.15) is 22.3 Å². The smallest absolute Gasteiger partial charge is 0.252 e. The molecule has 0 saturated heterocycles. The minimum absolute atomic E-state index is 0.178. The summed E-state index contributed by atoms with van der Waals surface area (Å²) >= 11 is 12.2. The quantitative estimate of drug-likeness (QED) is 0.695. The van der Waals surface area contributed by atoms with E-state index in [9.17, 15) is 13.2 Å². The Kier molecular flexibility index (Phi) is 6.70. The number of sulfonamides is 1. The highest BCUT2D eigenvalue weighted by molar-refractivity contribution is 7.92. The largest absolute Gasteiger partial charge is 0.352 e. The van der Waals surface area contributed by atoms with Crippen molar-refractivity contribution >= 4 is 44.8 Å². The van der Waals surface area contributed by atoms with Crippen LogP contribution >= 0.6 is 23.2 Å². The molecule has 0 unspecified atom stereocenters. The van der Waals surface area contributed by atoms with E-state index in [1.54, 1.807) is 0 Å². The van der Waals surface area contributed by atoms with Gasteiger partial charge >= 0.3 is 0 Å². The van der Waals surface area contributed by atoms with Crippen LogP contribution in [0.15, 0.2) is 42.5 Å². The second-order valence-corrected chi connectivity index (χ2v) is 8.08. The Morgan fingerprint density at radius 1 is 1.08 bits per heavy atom. The maximum Gasteiger partial charge on any atom is 0.252 e. The summed E-state index contributed by atoms with van der Waals surface area (Å²) in [7, 11) is -3.39. The Hall–Kier alpha value is -1.76. The van der Waals surface area contributed by atoms with Gasteiger partial charge in [0.25, 0.3) is 5.91 Å². The molecule has 134 valence electrons. The fourth-order valence-electron chi connectivity index (χ4n) is 2.25. The first-order chi connectivity index (χ1) is 11.8. The molecule has 25 heavy (non-hydrogen) atoms. The molecule has 0 atom stereocenters. The molecule has 8 heteroatoms. The van der Waals surface area contributed by atoms with Gasteiger partial charge in [-0.25, -0.2) is 8.42 Å². The van der Waals surface area contributed by atoms with Crippen LogP contribution in [0.3, 0.4) is 0 Å². The van der Waals surface area contributed by atoms with Gasteiger partial charge < -0.3 is 5.32 Å². The fraction of sp³-hybridized carbons (Fsp3) is 0.235. The molecule has 0 saturated carbocycles. The summed E-state index contributed by atoms with van der Waals surface area (Å²) in [6.07, 6.45) is 2.53. The SMILES string of the molecule is CS(=O)(=O)Nc1ccc(C(=O)NCCCc2ccccc2Cl)c(Cl)c1. The predicted octanol–water partition coefficient (Wildman–Crippen LogP) is 3.73. The maximum atomic E-state index is 12.2. The molecule has 2 rings (SSSR count). The third-order valence-corrected chi connectivity index (χ3v) is 4.67. The van der Waals surface area contributed by atoms with Gasteiger partial charge in [-0.3, -0.25) is 9.52 Å². The number of hydrogen-bond donors (Lipinski definition) is 2. The zero-order chi connectivity index (χ0) is 18.4. The lowest BCUT2D eigenvalue weighted by molar-refractivity contribution is 0.0953. The molecule has 2 aromatic rings. The lowest BCUT2D eigenvalue weighted by Gasteiger charge is -2.09. The van der Waals surface area contributed by atoms with E-state index in [1.807, 2.05) is 24.3 Å². The number of hydrogen-bond acceptors (Lipinski definition) is 3. The molecule has 0 bridgehead atoms. The van der Waals surface area contributed by atoms with Crippen molar-refractivity contribution in [2.24, 2.45) is 0 Å². The summed E-state index contributed by atoms with van der Waals surface area (Å²) in [5, 5.41) is 3.68. The van der Waals surface area contributed by atoms with Gasteiger partial charge in [-0.1, -0.05) is 41.4 Å². The summed E-state index contributed by atoms with van der Waals surface area (Å²) in [6, 6.07) is 12.0. The number of benzene rings is 2. The molecular weight excluding hydrogens is 383 g/mol. The van der Waals surface area contributed by atoms with Crippen LogP contribution in [0.2, 0.25) is 10.0 Å². The Bertz CT molecular complexity index is 870. The van der Waals surface area contributed by atoms with E-state index in [1.165, 1.54) is 18.2 Å². The van der Waals surface area contributed by atoms with Crippen molar-refractivity contribution in [2.75, 3.05) is 17.5 Å². The van der Waals surface area contributed by atoms with Crippen molar-refractivity contribution in [3.05, 3.63) is 63.6 Å². The molecule has 0 aromatic heterocycles. The lowest BCUT2D eigenvalue weighted by Crippen LogP contribution is -2.25. The third-order valence-electron chi connectivity index (χ3n) is 3.38. The first-order valence-electron chi connectivity index (χ1n) is 7.55. The van der Waals surface area contributed by atoms with Crippen molar-refractivity contribution in [2.45, 2.75) is 12.8 Å². The van der Waals surface area contributed by atoms with Crippen LogP contribution in [0.5, 0.6) is 0 Å². The summed E-state index contributed by atoms with van der Waals surface area (Å²) in [4.78, 5) is 12.2. The van der Waals surface area contributed by atoms with Gasteiger partial charge in [0.15, 0.2) is 0 Å². The predicted molar refractivity (Wildman–Crippen MR) is 102 cm³/mol. The van der Waals surface area contributed by atoms with Crippen LogP contribution in [0.4, 0.5) is 5.69 Å². The minimum atomic E-state index is -3.39. The summed E-state index contributed by atoms with van der Waals surface area (Å²) in [5.41, 5.74) is 1.63. The van der Waals surface area contributed by atoms with Gasteiger partial charge in [0.05, 0.1) is 16.8 Å². The molecular formula is C17H18Cl2N2O3S. The molecule has 1 amide bonds. The summed E-state index contributed by atoms with van der Waals surface area (Å²) in [5.74, 6) is -0.310. The Morgan fingerprint density at radius 3 is 2.44 bits per heavy atom. The van der Waals surface area contributed by atoms with Crippen molar-refractivity contribution in [3.63, 3.8) is 0 Å². The number of rotatable bonds is 7. The van der Waals surface area contributed by atoms with Gasteiger partial charge in [0, 0.05) is 17.3 Å². The van der Waals surface area contributed by atoms with E-state index in [-0.39, 0.29) is 10.9 Å². The van der Waals surface area contributed by atoms with Gasteiger partial charge in [-0.05, 0) is 42.7 Å². The molecule has 2 aromatic carbocycles. The van der Waals surface area contributed by atoms with E-state index in [0.29, 0.717) is 22.8 Å². The van der Waals surface area contributed by atoms with Crippen LogP contribution in [-0.4, -0.2) is 27.1 Å². The van der Waals surface area contributed by atoms with Gasteiger partial charge in [0.2, 0.25) is 10.0 Å². The molecule has 0 heterocycles. The molecule has 0 aliphatic carbocycles. The van der Waals surface area contributed by atoms with E-state index in [2.05, 4.69) is 10.0 Å². The molecule has 5 nitrogen and oxygen atoms in total. The van der Waals surface area contributed by atoms with E-state index in [4.69, 9.17) is 23.2 Å². The average Bonchev–Trinajstić information content (AvgIpc) is 2.51. The molecule has 0 radical (unpaired) electrons. The highest BCUT2D eigenvalue weighted by Crippen LogP contribution is 2.22. The van der Waals surface area contributed by atoms with Crippen molar-refractivity contribution in [1.29, 1.82) is 0 Å². The second kappa shape index (κ2) is 8.56. The minimum Gasteiger partial charge on any atom is -0.352 e. The van der Waals surface area contributed by atoms with Gasteiger partial charge in [-0.2, -0.15) is 0 Å². The topological polar surface area (TPSA) is 75.3 Å². The number of carbonyl (C=O) groups excluding carboxylic acids is 1. The van der Waals surface area contributed by atoms with Crippen LogP contribution in [-0.2, 0) is 16.4 Å². The van der Waals surface area contributed by atoms with E-state index >= 15 is 0 Å². The summed E-state index contributed by atoms with van der Waals surface area (Å²) in [6.45, 7) is 0.476. The third kappa shape index (κ3) is 6.23. The van der Waals surface area contributed by atoms with Crippen molar-refractivity contribution in [1.82, 2.24) is 5.32 Å². The Balaban J connectivity index is 1.89. The first-order valence-corrected chi connectivity index (χ1v) is 10.2. The number of amides is 1. The van der Waals surface area contributed by atoms with Crippen molar-refractivity contribution < 1.29 is 13.2 Å². The second-order valence-electron chi connectivity index (χ2n) is 5.52. The van der Waals surface area contributed by atoms with Gasteiger partial charge in [-0.15, -0.1) is 0 Å². The Morgan fingerprint density at radius 2 is 1.80 bits per heavy atom. The molecule has 0 fully saturated rings. The Labute approximate surface area is 157 Å². The molecule has 0 aliphatic rings. The standard InChI is InChI=1S/C17H18Cl2N2O3S/c1-25(23,24)21-13-8-9-14(16(19)11-13)17(22)20-10-4-6-12-5-2-3-7-15(12)18/h2-3,5,7-9,11,21H,4,6,10H2,1H3,(H,20,22). The average molecular weight is 401 g/mol. The molecule has 2 N–H and O–H groups in total. The summed E-state index contributed by atoms with van der Waals surface area (Å²) < 4.78 is 24.7. The highest BCUT2D eigenvalue weighted by Gasteiger charge is 2.12. The number of carbonyl (C=O) groups is 1. The van der Waals surface area contributed by atoms with E-state index < -0.39 is 10.0 Å². The molecule has 0 aliphatic heterocycles. The highest BCUT2D eigenvalue weighted by atomic mass is 35.5. The number of anilines is 1. The number of aryl methyl sites for hydroxylation is 1.